The lowest BCUT2D eigenvalue weighted by Crippen LogP contribution is -2.29. The summed E-state index contributed by atoms with van der Waals surface area (Å²) in [5.74, 6) is -0.334. The molecular formula is C20H16F3N3O2. The molecule has 5 nitrogen and oxygen atoms in total. The fourth-order valence-electron chi connectivity index (χ4n) is 2.67. The quantitative estimate of drug-likeness (QED) is 0.739. The summed E-state index contributed by atoms with van der Waals surface area (Å²) >= 11 is 0. The molecule has 28 heavy (non-hydrogen) atoms. The number of alkyl halides is 3. The molecule has 0 bridgehead atoms. The van der Waals surface area contributed by atoms with Crippen LogP contribution in [-0.4, -0.2) is 15.5 Å². The predicted octanol–water partition coefficient (Wildman–Crippen LogP) is 3.87. The van der Waals surface area contributed by atoms with Gasteiger partial charge in [-0.05, 0) is 54.4 Å². The van der Waals surface area contributed by atoms with Crippen LogP contribution in [0.3, 0.4) is 0 Å². The van der Waals surface area contributed by atoms with Crippen molar-refractivity contribution in [3.05, 3.63) is 93.5 Å². The van der Waals surface area contributed by atoms with E-state index in [1.807, 2.05) is 6.92 Å². The van der Waals surface area contributed by atoms with Crippen molar-refractivity contribution < 1.29 is 18.0 Å². The van der Waals surface area contributed by atoms with Crippen molar-refractivity contribution in [1.29, 1.82) is 0 Å². The number of anilines is 1. The fourth-order valence-corrected chi connectivity index (χ4v) is 2.67. The molecule has 0 unspecified atom stereocenters. The SMILES string of the molecule is Cc1ccnc(NC(=O)c2cccn(Cc3cccc(C(F)(F)F)c3)c2=O)c1. The zero-order valence-corrected chi connectivity index (χ0v) is 14.8. The summed E-state index contributed by atoms with van der Waals surface area (Å²) in [6.45, 7) is 1.74. The van der Waals surface area contributed by atoms with Gasteiger partial charge in [-0.25, -0.2) is 4.98 Å². The number of hydrogen-bond donors (Lipinski definition) is 1. The molecule has 0 spiro atoms. The zero-order valence-electron chi connectivity index (χ0n) is 14.8. The molecule has 144 valence electrons. The minimum absolute atomic E-state index is 0.0907. The van der Waals surface area contributed by atoms with Gasteiger partial charge >= 0.3 is 6.18 Å². The predicted molar refractivity (Wildman–Crippen MR) is 98.2 cm³/mol. The van der Waals surface area contributed by atoms with Gasteiger partial charge in [-0.1, -0.05) is 12.1 Å². The Bertz CT molecular complexity index is 1070. The van der Waals surface area contributed by atoms with Gasteiger partial charge in [-0.3, -0.25) is 9.59 Å². The molecule has 8 heteroatoms. The van der Waals surface area contributed by atoms with Crippen LogP contribution in [0.25, 0.3) is 0 Å². The van der Waals surface area contributed by atoms with E-state index in [0.29, 0.717) is 11.4 Å². The Balaban J connectivity index is 1.85. The highest BCUT2D eigenvalue weighted by Crippen LogP contribution is 2.29. The van der Waals surface area contributed by atoms with Crippen LogP contribution >= 0.6 is 0 Å². The average molecular weight is 387 g/mol. The molecule has 3 rings (SSSR count). The number of nitrogens with zero attached hydrogens (tertiary/aromatic N) is 2. The number of benzene rings is 1. The van der Waals surface area contributed by atoms with Crippen LogP contribution < -0.4 is 10.9 Å². The number of rotatable bonds is 4. The average Bonchev–Trinajstić information content (AvgIpc) is 2.63. The summed E-state index contributed by atoms with van der Waals surface area (Å²) in [7, 11) is 0. The Morgan fingerprint density at radius 1 is 1.14 bits per heavy atom. The number of carbonyl (C=O) groups is 1. The number of amides is 1. The second-order valence-electron chi connectivity index (χ2n) is 6.23. The van der Waals surface area contributed by atoms with Gasteiger partial charge in [-0.15, -0.1) is 0 Å². The molecule has 0 aliphatic carbocycles. The molecule has 1 N–H and O–H groups in total. The van der Waals surface area contributed by atoms with Crippen molar-refractivity contribution in [2.24, 2.45) is 0 Å². The summed E-state index contributed by atoms with van der Waals surface area (Å²) in [5.41, 5.74) is -0.338. The number of halogens is 3. The molecule has 3 aromatic rings. The van der Waals surface area contributed by atoms with Crippen molar-refractivity contribution in [3.8, 4) is 0 Å². The summed E-state index contributed by atoms with van der Waals surface area (Å²) in [4.78, 5) is 29.0. The first-order chi connectivity index (χ1) is 13.2. The third kappa shape index (κ3) is 4.46. The molecule has 0 saturated carbocycles. The highest BCUT2D eigenvalue weighted by Gasteiger charge is 2.30. The van der Waals surface area contributed by atoms with Crippen LogP contribution in [0.2, 0.25) is 0 Å². The monoisotopic (exact) mass is 387 g/mol. The van der Waals surface area contributed by atoms with E-state index in [4.69, 9.17) is 0 Å². The van der Waals surface area contributed by atoms with E-state index >= 15 is 0 Å². The van der Waals surface area contributed by atoms with Crippen molar-refractivity contribution in [2.45, 2.75) is 19.6 Å². The zero-order chi connectivity index (χ0) is 20.3. The number of aryl methyl sites for hydroxylation is 1. The van der Waals surface area contributed by atoms with E-state index < -0.39 is 23.2 Å². The van der Waals surface area contributed by atoms with Crippen LogP contribution in [0.15, 0.2) is 65.7 Å². The summed E-state index contributed by atoms with van der Waals surface area (Å²) in [6.07, 6.45) is -1.52. The van der Waals surface area contributed by atoms with E-state index in [9.17, 15) is 22.8 Å². The second-order valence-corrected chi connectivity index (χ2v) is 6.23. The maximum atomic E-state index is 12.9. The lowest BCUT2D eigenvalue weighted by Gasteiger charge is -2.11. The number of nitrogens with one attached hydrogen (secondary N) is 1. The van der Waals surface area contributed by atoms with E-state index in [1.54, 1.807) is 12.1 Å². The third-order valence-electron chi connectivity index (χ3n) is 4.03. The van der Waals surface area contributed by atoms with Gasteiger partial charge in [0.05, 0.1) is 12.1 Å². The Hall–Kier alpha value is -3.42. The van der Waals surface area contributed by atoms with Gasteiger partial charge in [0.1, 0.15) is 11.4 Å². The maximum Gasteiger partial charge on any atom is 0.416 e. The lowest BCUT2D eigenvalue weighted by molar-refractivity contribution is -0.137. The Morgan fingerprint density at radius 3 is 2.64 bits per heavy atom. The lowest BCUT2D eigenvalue weighted by atomic mass is 10.1. The molecule has 0 aliphatic rings. The van der Waals surface area contributed by atoms with E-state index in [0.717, 1.165) is 17.7 Å². The van der Waals surface area contributed by atoms with E-state index in [2.05, 4.69) is 10.3 Å². The van der Waals surface area contributed by atoms with Gasteiger partial charge < -0.3 is 9.88 Å². The first kappa shape index (κ1) is 19.3. The first-order valence-corrected chi connectivity index (χ1v) is 8.33. The van der Waals surface area contributed by atoms with Gasteiger partial charge in [-0.2, -0.15) is 13.2 Å². The van der Waals surface area contributed by atoms with Crippen molar-refractivity contribution >= 4 is 11.7 Å². The number of aromatic nitrogens is 2. The number of pyridine rings is 2. The highest BCUT2D eigenvalue weighted by atomic mass is 19.4. The Labute approximate surface area is 158 Å². The molecule has 2 aromatic heterocycles. The van der Waals surface area contributed by atoms with Crippen LogP contribution in [0.1, 0.15) is 27.0 Å². The molecule has 0 aliphatic heterocycles. The maximum absolute atomic E-state index is 12.9. The second kappa shape index (κ2) is 7.67. The standard InChI is InChI=1S/C20H16F3N3O2/c1-13-7-8-24-17(10-13)25-18(27)16-6-3-9-26(19(16)28)12-14-4-2-5-15(11-14)20(21,22)23/h2-11H,12H2,1H3,(H,24,25,27). The Morgan fingerprint density at radius 2 is 1.93 bits per heavy atom. The van der Waals surface area contributed by atoms with Crippen molar-refractivity contribution in [3.63, 3.8) is 0 Å². The molecule has 0 radical (unpaired) electrons. The van der Waals surface area contributed by atoms with Crippen molar-refractivity contribution in [2.75, 3.05) is 5.32 Å². The summed E-state index contributed by atoms with van der Waals surface area (Å²) in [5, 5.41) is 2.55. The van der Waals surface area contributed by atoms with Crippen LogP contribution in [-0.2, 0) is 12.7 Å². The minimum Gasteiger partial charge on any atom is -0.310 e. The van der Waals surface area contributed by atoms with Crippen LogP contribution in [0, 0.1) is 6.92 Å². The largest absolute Gasteiger partial charge is 0.416 e. The number of carbonyl (C=O) groups excluding carboxylic acids is 1. The molecule has 2 heterocycles. The van der Waals surface area contributed by atoms with Crippen LogP contribution in [0.5, 0.6) is 0 Å². The normalized spacial score (nSPS) is 11.3. The minimum atomic E-state index is -4.47. The van der Waals surface area contributed by atoms with Crippen LogP contribution in [0.4, 0.5) is 19.0 Å². The molecule has 0 saturated heterocycles. The van der Waals surface area contributed by atoms with Gasteiger partial charge in [0, 0.05) is 12.4 Å². The Kier molecular flexibility index (Phi) is 5.30. The molecule has 0 atom stereocenters. The first-order valence-electron chi connectivity index (χ1n) is 8.33. The van der Waals surface area contributed by atoms with Crippen molar-refractivity contribution in [1.82, 2.24) is 9.55 Å². The number of hydrogen-bond acceptors (Lipinski definition) is 3. The highest BCUT2D eigenvalue weighted by molar-refractivity contribution is 6.03. The fraction of sp³-hybridized carbons (Fsp3) is 0.150. The van der Waals surface area contributed by atoms with Gasteiger partial charge in [0.2, 0.25) is 0 Å². The molecule has 0 fully saturated rings. The molecule has 1 amide bonds. The third-order valence-corrected chi connectivity index (χ3v) is 4.03. The molecular weight excluding hydrogens is 371 g/mol. The van der Waals surface area contributed by atoms with Gasteiger partial charge in [0.25, 0.3) is 11.5 Å². The van der Waals surface area contributed by atoms with E-state index in [1.165, 1.54) is 41.2 Å². The topological polar surface area (TPSA) is 64.0 Å². The van der Waals surface area contributed by atoms with E-state index in [-0.39, 0.29) is 12.1 Å². The smallest absolute Gasteiger partial charge is 0.310 e. The molecule has 1 aromatic carbocycles. The summed E-state index contributed by atoms with van der Waals surface area (Å²) < 4.78 is 39.8. The summed E-state index contributed by atoms with van der Waals surface area (Å²) in [6, 6.07) is 11.0. The van der Waals surface area contributed by atoms with Gasteiger partial charge in [0.15, 0.2) is 0 Å².